The van der Waals surface area contributed by atoms with Gasteiger partial charge in [0.2, 0.25) is 0 Å². The lowest BCUT2D eigenvalue weighted by molar-refractivity contribution is 0.0670. The molecule has 6 heteroatoms. The van der Waals surface area contributed by atoms with E-state index < -0.39 is 0 Å². The fourth-order valence-electron chi connectivity index (χ4n) is 5.18. The van der Waals surface area contributed by atoms with Crippen molar-refractivity contribution in [1.82, 2.24) is 10.2 Å². The van der Waals surface area contributed by atoms with Crippen LogP contribution in [0.4, 0.5) is 5.69 Å². The Bertz CT molecular complexity index is 1040. The molecule has 0 bridgehead atoms. The van der Waals surface area contributed by atoms with Gasteiger partial charge in [-0.2, -0.15) is 5.26 Å². The number of rotatable bonds is 5. The summed E-state index contributed by atoms with van der Waals surface area (Å²) in [5.74, 6) is 0.634. The van der Waals surface area contributed by atoms with E-state index in [9.17, 15) is 15.2 Å². The predicted molar refractivity (Wildman–Crippen MR) is 130 cm³/mol. The van der Waals surface area contributed by atoms with Gasteiger partial charge in [-0.25, -0.2) is 0 Å². The summed E-state index contributed by atoms with van der Waals surface area (Å²) < 4.78 is 0. The lowest BCUT2D eigenvalue weighted by Gasteiger charge is -2.35. The van der Waals surface area contributed by atoms with E-state index in [1.165, 1.54) is 11.1 Å². The largest absolute Gasteiger partial charge is 0.395 e. The number of aliphatic hydroxyl groups excluding tert-OH is 1. The van der Waals surface area contributed by atoms with Crippen molar-refractivity contribution in [2.24, 2.45) is 5.92 Å². The molecule has 0 unspecified atom stereocenters. The maximum absolute atomic E-state index is 13.3. The maximum atomic E-state index is 13.3. The Labute approximate surface area is 196 Å². The molecule has 4 rings (SSSR count). The highest BCUT2D eigenvalue weighted by atomic mass is 16.3. The minimum absolute atomic E-state index is 0.0411. The Kier molecular flexibility index (Phi) is 7.32. The van der Waals surface area contributed by atoms with E-state index in [0.717, 1.165) is 54.7 Å². The van der Waals surface area contributed by atoms with Crippen LogP contribution < -0.4 is 10.2 Å². The molecule has 0 saturated carbocycles. The number of piperazine rings is 1. The molecule has 0 aromatic heterocycles. The number of carbonyl (C=O) groups is 1. The zero-order valence-electron chi connectivity index (χ0n) is 19.7. The molecule has 6 nitrogen and oxygen atoms in total. The van der Waals surface area contributed by atoms with Gasteiger partial charge in [0.1, 0.15) is 6.07 Å². The van der Waals surface area contributed by atoms with Gasteiger partial charge in [-0.3, -0.25) is 4.79 Å². The number of benzene rings is 2. The number of hydrogen-bond acceptors (Lipinski definition) is 5. The highest BCUT2D eigenvalue weighted by Crippen LogP contribution is 2.29. The van der Waals surface area contributed by atoms with Gasteiger partial charge in [-0.1, -0.05) is 18.2 Å². The molecule has 2 saturated heterocycles. The first-order valence-electron chi connectivity index (χ1n) is 12.0. The lowest BCUT2D eigenvalue weighted by Crippen LogP contribution is -2.54. The first-order chi connectivity index (χ1) is 16.0. The molecule has 1 amide bonds. The van der Waals surface area contributed by atoms with Crippen molar-refractivity contribution < 1.29 is 9.90 Å². The van der Waals surface area contributed by atoms with E-state index in [0.29, 0.717) is 25.6 Å². The highest BCUT2D eigenvalue weighted by Gasteiger charge is 2.26. The number of nitrogens with zero attached hydrogens (tertiary/aromatic N) is 3. The molecule has 2 N–H and O–H groups in total. The average molecular weight is 447 g/mol. The summed E-state index contributed by atoms with van der Waals surface area (Å²) >= 11 is 0. The average Bonchev–Trinajstić information content (AvgIpc) is 2.85. The van der Waals surface area contributed by atoms with Gasteiger partial charge in [0.15, 0.2) is 0 Å². The minimum Gasteiger partial charge on any atom is -0.395 e. The number of aliphatic hydroxyl groups is 1. The smallest absolute Gasteiger partial charge is 0.254 e. The fraction of sp³-hybridized carbons (Fsp3) is 0.481. The zero-order chi connectivity index (χ0) is 23.4. The third-order valence-corrected chi connectivity index (χ3v) is 7.16. The second-order valence-corrected chi connectivity index (χ2v) is 9.44. The quantitative estimate of drug-likeness (QED) is 0.738. The van der Waals surface area contributed by atoms with Gasteiger partial charge >= 0.3 is 0 Å². The summed E-state index contributed by atoms with van der Waals surface area (Å²) in [6.07, 6.45) is 3.12. The molecular weight excluding hydrogens is 412 g/mol. The molecule has 2 aromatic rings. The SMILES string of the molecule is Cc1cc(C)c(C(=O)N2CCN[C@@H](CO)C2)cc1CC1CCN(c2ccccc2C#N)CC1. The van der Waals surface area contributed by atoms with E-state index >= 15 is 0 Å². The molecule has 0 radical (unpaired) electrons. The summed E-state index contributed by atoms with van der Waals surface area (Å²) in [6.45, 7) is 8.01. The summed E-state index contributed by atoms with van der Waals surface area (Å²) in [6, 6.07) is 14.4. The maximum Gasteiger partial charge on any atom is 0.254 e. The summed E-state index contributed by atoms with van der Waals surface area (Å²) in [7, 11) is 0. The van der Waals surface area contributed by atoms with Crippen LogP contribution in [0, 0.1) is 31.1 Å². The lowest BCUT2D eigenvalue weighted by atomic mass is 9.86. The van der Waals surface area contributed by atoms with Crippen LogP contribution in [0.5, 0.6) is 0 Å². The first-order valence-corrected chi connectivity index (χ1v) is 12.0. The predicted octanol–water partition coefficient (Wildman–Crippen LogP) is 3.04. The van der Waals surface area contributed by atoms with Crippen LogP contribution in [0.2, 0.25) is 0 Å². The fourth-order valence-corrected chi connectivity index (χ4v) is 5.18. The monoisotopic (exact) mass is 446 g/mol. The van der Waals surface area contributed by atoms with Crippen LogP contribution in [0.3, 0.4) is 0 Å². The summed E-state index contributed by atoms with van der Waals surface area (Å²) in [4.78, 5) is 17.5. The number of amides is 1. The zero-order valence-corrected chi connectivity index (χ0v) is 19.7. The van der Waals surface area contributed by atoms with Crippen LogP contribution in [0.1, 0.15) is 45.5 Å². The topological polar surface area (TPSA) is 79.6 Å². The van der Waals surface area contributed by atoms with E-state index in [1.807, 2.05) is 36.1 Å². The highest BCUT2D eigenvalue weighted by molar-refractivity contribution is 5.96. The molecular formula is C27H34N4O2. The normalized spacial score (nSPS) is 19.4. The minimum atomic E-state index is -0.0516. The number of hydrogen-bond donors (Lipinski definition) is 2. The second-order valence-electron chi connectivity index (χ2n) is 9.44. The number of aryl methyl sites for hydroxylation is 2. The van der Waals surface area contributed by atoms with Gasteiger partial charge in [0, 0.05) is 44.3 Å². The third-order valence-electron chi connectivity index (χ3n) is 7.16. The van der Waals surface area contributed by atoms with E-state index in [2.05, 4.69) is 35.3 Å². The molecule has 2 aliphatic heterocycles. The van der Waals surface area contributed by atoms with E-state index in [4.69, 9.17) is 0 Å². The van der Waals surface area contributed by atoms with E-state index in [-0.39, 0.29) is 18.6 Å². The molecule has 174 valence electrons. The van der Waals surface area contributed by atoms with Crippen LogP contribution in [0.25, 0.3) is 0 Å². The van der Waals surface area contributed by atoms with Crippen molar-refractivity contribution in [3.05, 3.63) is 64.2 Å². The number of piperidine rings is 1. The molecule has 2 aromatic carbocycles. The van der Waals surface area contributed by atoms with Crippen LogP contribution in [0.15, 0.2) is 36.4 Å². The van der Waals surface area contributed by atoms with Crippen molar-refractivity contribution in [1.29, 1.82) is 5.26 Å². The Balaban J connectivity index is 1.44. The third kappa shape index (κ3) is 5.21. The van der Waals surface area contributed by atoms with Gasteiger partial charge in [-0.15, -0.1) is 0 Å². The summed E-state index contributed by atoms with van der Waals surface area (Å²) in [5.41, 5.74) is 6.08. The van der Waals surface area contributed by atoms with Gasteiger partial charge in [-0.05, 0) is 73.9 Å². The van der Waals surface area contributed by atoms with E-state index in [1.54, 1.807) is 0 Å². The number of nitriles is 1. The number of nitrogens with one attached hydrogen (secondary N) is 1. The number of para-hydroxylation sites is 1. The first kappa shape index (κ1) is 23.3. The number of anilines is 1. The van der Waals surface area contributed by atoms with Crippen molar-refractivity contribution in [3.8, 4) is 6.07 Å². The molecule has 2 heterocycles. The molecule has 2 aliphatic rings. The Morgan fingerprint density at radius 1 is 1.15 bits per heavy atom. The van der Waals surface area contributed by atoms with Crippen molar-refractivity contribution in [3.63, 3.8) is 0 Å². The standard InChI is InChI=1S/C27H34N4O2/c1-19-13-20(2)25(27(33)31-12-9-29-24(17-31)18-32)15-23(19)14-21-7-10-30(11-8-21)26-6-4-3-5-22(26)16-28/h3-6,13,15,21,24,29,32H,7-12,14,17-18H2,1-2H3/t24-/m1/s1. The van der Waals surface area contributed by atoms with Crippen molar-refractivity contribution in [2.45, 2.75) is 39.2 Å². The Hall–Kier alpha value is -2.88. The van der Waals surface area contributed by atoms with Gasteiger partial charge < -0.3 is 20.2 Å². The van der Waals surface area contributed by atoms with Crippen molar-refractivity contribution >= 4 is 11.6 Å². The van der Waals surface area contributed by atoms with Crippen LogP contribution >= 0.6 is 0 Å². The molecule has 1 atom stereocenters. The Morgan fingerprint density at radius 2 is 1.91 bits per heavy atom. The van der Waals surface area contributed by atoms with Crippen molar-refractivity contribution in [2.75, 3.05) is 44.2 Å². The molecule has 33 heavy (non-hydrogen) atoms. The molecule has 0 spiro atoms. The number of carbonyl (C=O) groups excluding carboxylic acids is 1. The molecule has 2 fully saturated rings. The van der Waals surface area contributed by atoms with Crippen LogP contribution in [-0.4, -0.2) is 61.3 Å². The van der Waals surface area contributed by atoms with Gasteiger partial charge in [0.25, 0.3) is 5.91 Å². The Morgan fingerprint density at radius 3 is 2.64 bits per heavy atom. The molecule has 0 aliphatic carbocycles. The second kappa shape index (κ2) is 10.4. The van der Waals surface area contributed by atoms with Gasteiger partial charge in [0.05, 0.1) is 17.9 Å². The summed E-state index contributed by atoms with van der Waals surface area (Å²) in [5, 5.41) is 22.1. The van der Waals surface area contributed by atoms with Crippen LogP contribution in [-0.2, 0) is 6.42 Å².